The van der Waals surface area contributed by atoms with Gasteiger partial charge in [-0.05, 0) is 21.7 Å². The molecule has 0 unspecified atom stereocenters. The van der Waals surface area contributed by atoms with Gasteiger partial charge < -0.3 is 34.4 Å². The molecule has 0 saturated carbocycles. The molecule has 0 aliphatic carbocycles. The maximum Gasteiger partial charge on any atom is 0.460 e. The average Bonchev–Trinajstić information content (AvgIpc) is 2.55. The van der Waals surface area contributed by atoms with E-state index in [-0.39, 0.29) is 34.5 Å². The van der Waals surface area contributed by atoms with E-state index < -0.39 is 30.3 Å². The molecule has 0 saturated heterocycles. The van der Waals surface area contributed by atoms with Gasteiger partial charge in [0.25, 0.3) is 0 Å². The third kappa shape index (κ3) is 6.12. The van der Waals surface area contributed by atoms with Crippen LogP contribution in [0.3, 0.4) is 0 Å². The van der Waals surface area contributed by atoms with Gasteiger partial charge in [-0.1, -0.05) is 83.1 Å². The number of phenols is 4. The van der Waals surface area contributed by atoms with Crippen LogP contribution >= 0.6 is 8.60 Å². The lowest BCUT2D eigenvalue weighted by Crippen LogP contribution is -2.21. The highest BCUT2D eigenvalue weighted by Gasteiger charge is 2.37. The molecule has 0 spiro atoms. The van der Waals surface area contributed by atoms with Gasteiger partial charge in [-0.2, -0.15) is 0 Å². The quantitative estimate of drug-likeness (QED) is 0.266. The zero-order valence-electron chi connectivity index (χ0n) is 23.7. The van der Waals surface area contributed by atoms with E-state index in [0.717, 1.165) is 0 Å². The second-order valence-electron chi connectivity index (χ2n) is 13.4. The first-order chi connectivity index (χ1) is 16.0. The van der Waals surface area contributed by atoms with E-state index in [1.807, 2.05) is 83.1 Å². The van der Waals surface area contributed by atoms with Gasteiger partial charge in [0.15, 0.2) is 0 Å². The molecule has 8 heteroatoms. The first kappa shape index (κ1) is 29.9. The SMILES string of the molecule is CC(C)(C)c1c(O)cc(O)c(C(C)(C)C)c1OP(O)Oc1c(C(C)(C)C)c(O)cc(O)c1C(C)(C)C. The van der Waals surface area contributed by atoms with E-state index in [2.05, 4.69) is 0 Å². The molecule has 7 nitrogen and oxygen atoms in total. The Balaban J connectivity index is 2.79. The number of hydrogen-bond donors (Lipinski definition) is 5. The molecule has 2 aromatic carbocycles. The van der Waals surface area contributed by atoms with Gasteiger partial charge in [0.1, 0.15) is 34.5 Å². The van der Waals surface area contributed by atoms with Gasteiger partial charge >= 0.3 is 8.60 Å². The minimum absolute atomic E-state index is 0.139. The summed E-state index contributed by atoms with van der Waals surface area (Å²) in [5.41, 5.74) is -0.719. The molecular formula is C28H43O7P. The summed E-state index contributed by atoms with van der Waals surface area (Å²) in [7, 11) is -2.68. The third-order valence-corrected chi connectivity index (χ3v) is 6.50. The van der Waals surface area contributed by atoms with Gasteiger partial charge in [0.05, 0.1) is 0 Å². The molecular weight excluding hydrogens is 479 g/mol. The number of aromatic hydroxyl groups is 4. The van der Waals surface area contributed by atoms with Crippen LogP contribution in [0.25, 0.3) is 0 Å². The number of rotatable bonds is 4. The molecule has 0 aliphatic heterocycles. The monoisotopic (exact) mass is 522 g/mol. The van der Waals surface area contributed by atoms with Crippen molar-refractivity contribution in [2.45, 2.75) is 105 Å². The summed E-state index contributed by atoms with van der Waals surface area (Å²) in [6.45, 7) is 22.7. The summed E-state index contributed by atoms with van der Waals surface area (Å²) in [6, 6.07) is 2.58. The molecule has 36 heavy (non-hydrogen) atoms. The van der Waals surface area contributed by atoms with Crippen molar-refractivity contribution in [2.24, 2.45) is 0 Å². The molecule has 0 heterocycles. The molecule has 2 aromatic rings. The molecule has 0 fully saturated rings. The predicted octanol–water partition coefficient (Wildman–Crippen LogP) is 7.38. The Labute approximate surface area is 216 Å². The molecule has 0 aromatic heterocycles. The normalized spacial score (nSPS) is 13.3. The summed E-state index contributed by atoms with van der Waals surface area (Å²) < 4.78 is 12.1. The van der Waals surface area contributed by atoms with Crippen molar-refractivity contribution in [3.8, 4) is 34.5 Å². The zero-order valence-corrected chi connectivity index (χ0v) is 24.5. The summed E-state index contributed by atoms with van der Waals surface area (Å²) in [4.78, 5) is 11.2. The van der Waals surface area contributed by atoms with Crippen molar-refractivity contribution >= 4 is 8.60 Å². The number of benzene rings is 2. The van der Waals surface area contributed by atoms with Crippen LogP contribution in [0, 0.1) is 0 Å². The maximum atomic E-state index is 11.2. The Morgan fingerprint density at radius 2 is 0.667 bits per heavy atom. The molecule has 0 amide bonds. The molecule has 5 N–H and O–H groups in total. The van der Waals surface area contributed by atoms with E-state index in [0.29, 0.717) is 22.3 Å². The number of hydrogen-bond acceptors (Lipinski definition) is 7. The fraction of sp³-hybridized carbons (Fsp3) is 0.571. The highest BCUT2D eigenvalue weighted by Crippen LogP contribution is 2.55. The van der Waals surface area contributed by atoms with E-state index in [1.165, 1.54) is 12.1 Å². The van der Waals surface area contributed by atoms with E-state index in [4.69, 9.17) is 9.05 Å². The van der Waals surface area contributed by atoms with Crippen molar-refractivity contribution < 1.29 is 34.4 Å². The molecule has 0 bridgehead atoms. The molecule has 202 valence electrons. The summed E-state index contributed by atoms with van der Waals surface area (Å²) in [6.07, 6.45) is 0. The van der Waals surface area contributed by atoms with Crippen LogP contribution in [0.15, 0.2) is 12.1 Å². The summed E-state index contributed by atoms with van der Waals surface area (Å²) >= 11 is 0. The van der Waals surface area contributed by atoms with Gasteiger partial charge in [-0.25, -0.2) is 0 Å². The van der Waals surface area contributed by atoms with Crippen molar-refractivity contribution in [2.75, 3.05) is 0 Å². The van der Waals surface area contributed by atoms with E-state index >= 15 is 0 Å². The number of phenolic OH excluding ortho intramolecular Hbond substituents is 4. The lowest BCUT2D eigenvalue weighted by atomic mass is 9.78. The fourth-order valence-electron chi connectivity index (χ4n) is 4.52. The highest BCUT2D eigenvalue weighted by atomic mass is 31.2. The van der Waals surface area contributed by atoms with Gasteiger partial charge in [-0.15, -0.1) is 0 Å². The van der Waals surface area contributed by atoms with Gasteiger partial charge in [0, 0.05) is 34.4 Å². The van der Waals surface area contributed by atoms with Crippen LogP contribution in [0.4, 0.5) is 0 Å². The lowest BCUT2D eigenvalue weighted by molar-refractivity contribution is 0.344. The van der Waals surface area contributed by atoms with Crippen molar-refractivity contribution in [1.29, 1.82) is 0 Å². The fourth-order valence-corrected chi connectivity index (χ4v) is 5.23. The summed E-state index contributed by atoms with van der Waals surface area (Å²) in [5.74, 6) is -0.362. The van der Waals surface area contributed by atoms with Crippen molar-refractivity contribution in [3.63, 3.8) is 0 Å². The van der Waals surface area contributed by atoms with Crippen molar-refractivity contribution in [1.82, 2.24) is 0 Å². The Bertz CT molecular complexity index is 962. The van der Waals surface area contributed by atoms with E-state index in [1.54, 1.807) is 0 Å². The Hall–Kier alpha value is -2.37. The zero-order chi connectivity index (χ0) is 28.2. The molecule has 0 radical (unpaired) electrons. The first-order valence-corrected chi connectivity index (χ1v) is 13.2. The Kier molecular flexibility index (Phi) is 7.88. The Morgan fingerprint density at radius 3 is 0.833 bits per heavy atom. The van der Waals surface area contributed by atoms with E-state index in [9.17, 15) is 25.3 Å². The van der Waals surface area contributed by atoms with Crippen LogP contribution in [-0.4, -0.2) is 25.3 Å². The average molecular weight is 523 g/mol. The van der Waals surface area contributed by atoms with Crippen LogP contribution in [0.5, 0.6) is 34.5 Å². The van der Waals surface area contributed by atoms with Gasteiger partial charge in [0.2, 0.25) is 0 Å². The van der Waals surface area contributed by atoms with Crippen LogP contribution in [0.1, 0.15) is 105 Å². The maximum absolute atomic E-state index is 11.2. The third-order valence-electron chi connectivity index (χ3n) is 5.82. The Morgan fingerprint density at radius 1 is 0.472 bits per heavy atom. The van der Waals surface area contributed by atoms with Crippen LogP contribution in [-0.2, 0) is 21.7 Å². The van der Waals surface area contributed by atoms with Crippen LogP contribution < -0.4 is 9.05 Å². The second-order valence-corrected chi connectivity index (χ2v) is 14.2. The highest BCUT2D eigenvalue weighted by molar-refractivity contribution is 7.41. The summed E-state index contributed by atoms with van der Waals surface area (Å²) in [5, 5.41) is 43.0. The predicted molar refractivity (Wildman–Crippen MR) is 145 cm³/mol. The topological polar surface area (TPSA) is 120 Å². The minimum atomic E-state index is -2.68. The molecule has 2 rings (SSSR count). The van der Waals surface area contributed by atoms with Gasteiger partial charge in [-0.3, -0.25) is 0 Å². The van der Waals surface area contributed by atoms with Crippen molar-refractivity contribution in [3.05, 3.63) is 34.4 Å². The first-order valence-electron chi connectivity index (χ1n) is 12.0. The minimum Gasteiger partial charge on any atom is -0.507 e. The van der Waals surface area contributed by atoms with Crippen LogP contribution in [0.2, 0.25) is 0 Å². The second kappa shape index (κ2) is 9.50. The standard InChI is InChI=1S/C28H43O7P/c1-25(2,3)19-15(29)13-16(30)20(26(4,5)6)23(19)34-36(33)35-24-21(27(7,8)9)17(31)14-18(32)22(24)28(10,11)12/h13-14,29-33H,1-12H3. The molecule has 0 aliphatic rings. The lowest BCUT2D eigenvalue weighted by Gasteiger charge is -2.33. The smallest absolute Gasteiger partial charge is 0.460 e. The largest absolute Gasteiger partial charge is 0.507 e. The molecule has 0 atom stereocenters.